The van der Waals surface area contributed by atoms with Crippen molar-refractivity contribution < 1.29 is 16.5 Å². The summed E-state index contributed by atoms with van der Waals surface area (Å²) in [6.07, 6.45) is 0. The zero-order valence-corrected chi connectivity index (χ0v) is 21.1. The van der Waals surface area contributed by atoms with Gasteiger partial charge in [0.05, 0.1) is 0 Å². The van der Waals surface area contributed by atoms with E-state index in [1.165, 1.54) is 21.2 Å². The standard InChI is InChI=1S/2C12H11P.C2H6.ClH.Ni/c2*1-3-7-11(8-4-1)13-12-9-5-2-6-10-12;1-2;;/h2*1-10,13H;1-2H3;1H;. The molecule has 30 heavy (non-hydrogen) atoms. The van der Waals surface area contributed by atoms with Gasteiger partial charge < -0.3 is 0 Å². The van der Waals surface area contributed by atoms with Gasteiger partial charge in [-0.15, -0.1) is 12.4 Å². The fraction of sp³-hybridized carbons (Fsp3) is 0.0769. The number of halogens is 1. The summed E-state index contributed by atoms with van der Waals surface area (Å²) in [4.78, 5) is 0. The van der Waals surface area contributed by atoms with E-state index in [9.17, 15) is 0 Å². The van der Waals surface area contributed by atoms with Gasteiger partial charge in [-0.2, -0.15) is 0 Å². The maximum absolute atomic E-state index is 2.17. The smallest absolute Gasteiger partial charge is 0 e. The topological polar surface area (TPSA) is 0 Å². The van der Waals surface area contributed by atoms with Crippen molar-refractivity contribution in [1.29, 1.82) is 0 Å². The van der Waals surface area contributed by atoms with Crippen LogP contribution < -0.4 is 21.2 Å². The molecule has 0 nitrogen and oxygen atoms in total. The second-order valence-corrected chi connectivity index (χ2v) is 8.52. The fourth-order valence-electron chi connectivity index (χ4n) is 2.42. The third kappa shape index (κ3) is 11.6. The van der Waals surface area contributed by atoms with Crippen LogP contribution in [0.15, 0.2) is 121 Å². The molecule has 0 saturated heterocycles. The molecule has 0 bridgehead atoms. The molecule has 4 aromatic carbocycles. The van der Waals surface area contributed by atoms with Crippen molar-refractivity contribution in [3.05, 3.63) is 121 Å². The van der Waals surface area contributed by atoms with Gasteiger partial charge in [-0.25, -0.2) is 0 Å². The zero-order valence-electron chi connectivity index (χ0n) is 17.3. The van der Waals surface area contributed by atoms with E-state index < -0.39 is 0 Å². The Labute approximate surface area is 201 Å². The maximum atomic E-state index is 2.17. The third-order valence-corrected chi connectivity index (χ3v) is 6.16. The first-order valence-electron chi connectivity index (χ1n) is 9.64. The number of hydrogen-bond acceptors (Lipinski definition) is 0. The van der Waals surface area contributed by atoms with Crippen LogP contribution >= 0.6 is 29.6 Å². The first-order chi connectivity index (χ1) is 13.9. The van der Waals surface area contributed by atoms with Crippen LogP contribution in [0.1, 0.15) is 13.8 Å². The molecule has 0 radical (unpaired) electrons. The first kappa shape index (κ1) is 28.5. The summed E-state index contributed by atoms with van der Waals surface area (Å²) in [6.45, 7) is 4.00. The van der Waals surface area contributed by atoms with E-state index >= 15 is 0 Å². The number of benzene rings is 4. The average molecular weight is 498 g/mol. The molecule has 4 rings (SSSR count). The minimum Gasteiger partial charge on any atom is -0.147 e. The van der Waals surface area contributed by atoms with Gasteiger partial charge in [0, 0.05) is 16.5 Å². The van der Waals surface area contributed by atoms with Gasteiger partial charge in [-0.1, -0.05) is 152 Å². The Morgan fingerprint density at radius 2 is 0.533 bits per heavy atom. The van der Waals surface area contributed by atoms with Crippen LogP contribution in [0.5, 0.6) is 0 Å². The van der Waals surface area contributed by atoms with E-state index in [2.05, 4.69) is 121 Å². The summed E-state index contributed by atoms with van der Waals surface area (Å²) in [5.41, 5.74) is 0. The minimum absolute atomic E-state index is 0. The molecule has 0 aliphatic carbocycles. The Hall–Kier alpha value is -1.48. The van der Waals surface area contributed by atoms with Crippen LogP contribution in [-0.4, -0.2) is 0 Å². The molecule has 0 saturated carbocycles. The van der Waals surface area contributed by atoms with Crippen LogP contribution in [0.2, 0.25) is 0 Å². The molecule has 160 valence electrons. The van der Waals surface area contributed by atoms with Crippen molar-refractivity contribution in [2.75, 3.05) is 0 Å². The normalized spacial score (nSPS) is 8.73. The molecule has 0 amide bonds. The predicted molar refractivity (Wildman–Crippen MR) is 140 cm³/mol. The van der Waals surface area contributed by atoms with Gasteiger partial charge in [-0.05, 0) is 21.2 Å². The van der Waals surface area contributed by atoms with Crippen molar-refractivity contribution in [1.82, 2.24) is 0 Å². The molecule has 0 aliphatic rings. The van der Waals surface area contributed by atoms with Crippen LogP contribution in [0.25, 0.3) is 0 Å². The van der Waals surface area contributed by atoms with Gasteiger partial charge in [0.1, 0.15) is 0 Å². The van der Waals surface area contributed by atoms with Crippen molar-refractivity contribution in [2.24, 2.45) is 0 Å². The quantitative estimate of drug-likeness (QED) is 0.237. The van der Waals surface area contributed by atoms with Crippen molar-refractivity contribution >= 4 is 50.8 Å². The first-order valence-corrected chi connectivity index (χ1v) is 11.6. The maximum Gasteiger partial charge on any atom is 0 e. The van der Waals surface area contributed by atoms with E-state index in [1.54, 1.807) is 0 Å². The summed E-state index contributed by atoms with van der Waals surface area (Å²) in [6, 6.07) is 42.3. The van der Waals surface area contributed by atoms with E-state index in [4.69, 9.17) is 0 Å². The van der Waals surface area contributed by atoms with Gasteiger partial charge in [0.2, 0.25) is 0 Å². The van der Waals surface area contributed by atoms with Gasteiger partial charge >= 0.3 is 0 Å². The van der Waals surface area contributed by atoms with Crippen molar-refractivity contribution in [3.63, 3.8) is 0 Å². The van der Waals surface area contributed by atoms with E-state index in [-0.39, 0.29) is 28.9 Å². The summed E-state index contributed by atoms with van der Waals surface area (Å²) >= 11 is 0. The van der Waals surface area contributed by atoms with Crippen LogP contribution in [0.4, 0.5) is 0 Å². The fourth-order valence-corrected chi connectivity index (χ4v) is 4.52. The zero-order chi connectivity index (χ0) is 19.9. The summed E-state index contributed by atoms with van der Waals surface area (Å²) in [5.74, 6) is 0. The van der Waals surface area contributed by atoms with Crippen LogP contribution in [0.3, 0.4) is 0 Å². The largest absolute Gasteiger partial charge is 0.147 e. The Morgan fingerprint density at radius 3 is 0.700 bits per heavy atom. The van der Waals surface area contributed by atoms with Gasteiger partial charge in [0.15, 0.2) is 0 Å². The summed E-state index contributed by atoms with van der Waals surface area (Å²) in [5, 5.41) is 5.59. The molecule has 0 unspecified atom stereocenters. The SMILES string of the molecule is CC.Cl.[Ni].c1ccc(Pc2ccccc2)cc1.c1ccc(Pc2ccccc2)cc1. The number of hydrogen-bond donors (Lipinski definition) is 0. The van der Waals surface area contributed by atoms with E-state index in [0.717, 1.165) is 17.2 Å². The van der Waals surface area contributed by atoms with Gasteiger partial charge in [0.25, 0.3) is 0 Å². The molecule has 0 aliphatic heterocycles. The number of rotatable bonds is 4. The predicted octanol–water partition coefficient (Wildman–Crippen LogP) is 6.08. The Bertz CT molecular complexity index is 722. The Balaban J connectivity index is 0.000000488. The molecule has 0 fully saturated rings. The minimum atomic E-state index is 0. The Morgan fingerprint density at radius 1 is 0.367 bits per heavy atom. The molecule has 4 heteroatoms. The molecule has 0 aromatic heterocycles. The van der Waals surface area contributed by atoms with Crippen LogP contribution in [-0.2, 0) is 16.5 Å². The van der Waals surface area contributed by atoms with Crippen molar-refractivity contribution in [3.8, 4) is 0 Å². The second kappa shape index (κ2) is 18.3. The summed E-state index contributed by atoms with van der Waals surface area (Å²) in [7, 11) is 1.55. The summed E-state index contributed by atoms with van der Waals surface area (Å²) < 4.78 is 0. The molecule has 0 spiro atoms. The molecule has 4 aromatic rings. The average Bonchev–Trinajstić information content (AvgIpc) is 2.79. The third-order valence-electron chi connectivity index (χ3n) is 3.67. The van der Waals surface area contributed by atoms with E-state index in [0.29, 0.717) is 0 Å². The molecule has 0 atom stereocenters. The molecule has 0 heterocycles. The van der Waals surface area contributed by atoms with E-state index in [1.807, 2.05) is 13.8 Å². The molecular weight excluding hydrogens is 468 g/mol. The Kier molecular flexibility index (Phi) is 17.4. The molecular formula is C26H29ClNiP2. The molecule has 0 N–H and O–H groups in total. The van der Waals surface area contributed by atoms with Crippen LogP contribution in [0, 0.1) is 0 Å². The monoisotopic (exact) mass is 496 g/mol. The van der Waals surface area contributed by atoms with Gasteiger partial charge in [-0.3, -0.25) is 0 Å². The van der Waals surface area contributed by atoms with Crippen molar-refractivity contribution in [2.45, 2.75) is 13.8 Å². The second-order valence-electron chi connectivity index (χ2n) is 5.71.